The van der Waals surface area contributed by atoms with E-state index in [9.17, 15) is 0 Å². The molecule has 0 saturated carbocycles. The van der Waals surface area contributed by atoms with Crippen LogP contribution < -0.4 is 0 Å². The van der Waals surface area contributed by atoms with E-state index in [1.54, 1.807) is 0 Å². The first-order valence-electron chi connectivity index (χ1n) is 9.76. The lowest BCUT2D eigenvalue weighted by atomic mass is 10.1. The third-order valence-electron chi connectivity index (χ3n) is 4.44. The van der Waals surface area contributed by atoms with E-state index in [4.69, 9.17) is 0 Å². The molecule has 0 N–H and O–H groups in total. The van der Waals surface area contributed by atoms with Gasteiger partial charge in [0.15, 0.2) is 0 Å². The Morgan fingerprint density at radius 1 is 0.550 bits per heavy atom. The standard InChI is InChI=1S/C12H25.3C2H5.2Al.2H/c1-3-5-7-9-11-12-10-8-6-4-2;3*1-2;;;;/h1,3-12H2,2H3;3*1H2,2H3;;;;. The van der Waals surface area contributed by atoms with Gasteiger partial charge in [0.05, 0.1) is 0 Å². The van der Waals surface area contributed by atoms with Crippen LogP contribution in [0.5, 0.6) is 0 Å². The first-order chi connectivity index (χ1) is 9.76. The average Bonchev–Trinajstić information content (AvgIpc) is 2.48. The largest absolute Gasteiger partial charge is 0.261 e. The van der Waals surface area contributed by atoms with Crippen molar-refractivity contribution in [2.75, 3.05) is 0 Å². The fraction of sp³-hybridized carbons (Fsp3) is 1.00. The first-order valence-corrected chi connectivity index (χ1v) is 13.6. The van der Waals surface area contributed by atoms with Crippen molar-refractivity contribution in [2.24, 2.45) is 0 Å². The van der Waals surface area contributed by atoms with Crippen LogP contribution in [-0.4, -0.2) is 30.4 Å². The minimum atomic E-state index is -0.171. The lowest BCUT2D eigenvalue weighted by Gasteiger charge is -2.00. The summed E-state index contributed by atoms with van der Waals surface area (Å²) in [4.78, 5) is 0. The molecule has 0 amide bonds. The molecule has 0 atom stereocenters. The van der Waals surface area contributed by atoms with Crippen molar-refractivity contribution in [2.45, 2.75) is 113 Å². The molecule has 0 spiro atoms. The lowest BCUT2D eigenvalue weighted by molar-refractivity contribution is 0.562. The highest BCUT2D eigenvalue weighted by molar-refractivity contribution is 6.58. The summed E-state index contributed by atoms with van der Waals surface area (Å²) >= 11 is 1.24. The summed E-state index contributed by atoms with van der Waals surface area (Å²) in [6.07, 6.45) is 14.7. The van der Waals surface area contributed by atoms with Gasteiger partial charge in [-0.1, -0.05) is 108 Å². The number of unbranched alkanes of at least 4 members (excludes halogenated alkanes) is 9. The van der Waals surface area contributed by atoms with Crippen molar-refractivity contribution < 1.29 is 0 Å². The van der Waals surface area contributed by atoms with E-state index in [0.29, 0.717) is 0 Å². The highest BCUT2D eigenvalue weighted by atomic mass is 27.2. The monoisotopic (exact) mass is 312 g/mol. The summed E-state index contributed by atoms with van der Waals surface area (Å²) in [5, 5.41) is 5.99. The molecule has 0 rings (SSSR count). The zero-order valence-electron chi connectivity index (χ0n) is 15.5. The van der Waals surface area contributed by atoms with Crippen LogP contribution in [0.3, 0.4) is 0 Å². The van der Waals surface area contributed by atoms with Crippen molar-refractivity contribution in [1.82, 2.24) is 0 Å². The van der Waals surface area contributed by atoms with Gasteiger partial charge < -0.3 is 0 Å². The molecular weight excluding hydrogens is 270 g/mol. The molecule has 0 nitrogen and oxygen atoms in total. The van der Waals surface area contributed by atoms with Crippen molar-refractivity contribution in [3.63, 3.8) is 0 Å². The predicted octanol–water partition coefficient (Wildman–Crippen LogP) is 6.50. The third kappa shape index (κ3) is 21.4. The fourth-order valence-corrected chi connectivity index (χ4v) is 4.84. The molecule has 0 unspecified atom stereocenters. The van der Waals surface area contributed by atoms with E-state index in [1.807, 2.05) is 0 Å². The summed E-state index contributed by atoms with van der Waals surface area (Å²) in [6, 6.07) is 0. The highest BCUT2D eigenvalue weighted by Gasteiger charge is 2.05. The Morgan fingerprint density at radius 2 is 0.900 bits per heavy atom. The van der Waals surface area contributed by atoms with Crippen LogP contribution in [0.25, 0.3) is 0 Å². The molecule has 0 fully saturated rings. The Labute approximate surface area is 143 Å². The van der Waals surface area contributed by atoms with Crippen molar-refractivity contribution >= 4 is 30.4 Å². The second-order valence-corrected chi connectivity index (χ2v) is 11.5. The van der Waals surface area contributed by atoms with Crippen LogP contribution in [0, 0.1) is 0 Å². The molecule has 0 bridgehead atoms. The van der Waals surface area contributed by atoms with Gasteiger partial charge >= 0.3 is 0 Å². The van der Waals surface area contributed by atoms with Crippen LogP contribution >= 0.6 is 0 Å². The second-order valence-electron chi connectivity index (χ2n) is 6.27. The van der Waals surface area contributed by atoms with E-state index in [0.717, 1.165) is 0 Å². The van der Waals surface area contributed by atoms with Gasteiger partial charge in [-0.3, -0.25) is 0 Å². The summed E-state index contributed by atoms with van der Waals surface area (Å²) in [5.74, 6) is 0. The normalized spacial score (nSPS) is 10.0. The predicted molar refractivity (Wildman–Crippen MR) is 102 cm³/mol. The Bertz CT molecular complexity index is 129. The molecule has 0 radical (unpaired) electrons. The van der Waals surface area contributed by atoms with Gasteiger partial charge in [0, 0.05) is 0 Å². The molecule has 120 valence electrons. The lowest BCUT2D eigenvalue weighted by Crippen LogP contribution is -2.04. The minimum Gasteiger partial charge on any atom is -0.101 e. The molecule has 20 heavy (non-hydrogen) atoms. The molecule has 0 saturated heterocycles. The van der Waals surface area contributed by atoms with Gasteiger partial charge in [-0.25, -0.2) is 0 Å². The van der Waals surface area contributed by atoms with Crippen molar-refractivity contribution in [3.8, 4) is 0 Å². The van der Waals surface area contributed by atoms with Crippen LogP contribution in [-0.2, 0) is 0 Å². The molecule has 0 aromatic heterocycles. The number of hydrogen-bond donors (Lipinski definition) is 0. The molecule has 0 aromatic rings. The summed E-state index contributed by atoms with van der Waals surface area (Å²) < 4.78 is 0. The summed E-state index contributed by atoms with van der Waals surface area (Å²) in [6.45, 7) is 9.26. The van der Waals surface area contributed by atoms with Gasteiger partial charge in [-0.2, -0.15) is 0 Å². The summed E-state index contributed by atoms with van der Waals surface area (Å²) in [5.41, 5.74) is 0. The maximum Gasteiger partial charge on any atom is 0.261 e. The summed E-state index contributed by atoms with van der Waals surface area (Å²) in [7, 11) is 0. The molecule has 0 aliphatic carbocycles. The highest BCUT2D eigenvalue weighted by Crippen LogP contribution is 2.10. The topological polar surface area (TPSA) is 0 Å². The Balaban J connectivity index is 0. The van der Waals surface area contributed by atoms with Crippen LogP contribution in [0.2, 0.25) is 21.1 Å². The Hall–Kier alpha value is 1.06. The van der Waals surface area contributed by atoms with Gasteiger partial charge in [0.1, 0.15) is 0 Å². The zero-order valence-corrected chi connectivity index (χ0v) is 18.6. The van der Waals surface area contributed by atoms with E-state index in [-0.39, 0.29) is 14.1 Å². The first kappa shape index (κ1) is 23.3. The van der Waals surface area contributed by atoms with Crippen LogP contribution in [0.1, 0.15) is 91.9 Å². The molecule has 0 heterocycles. The molecule has 0 aliphatic heterocycles. The average molecular weight is 312 g/mol. The van der Waals surface area contributed by atoms with E-state index in [2.05, 4.69) is 27.7 Å². The molecular formula is C18H42Al2. The van der Waals surface area contributed by atoms with Crippen LogP contribution in [0.15, 0.2) is 0 Å². The van der Waals surface area contributed by atoms with Gasteiger partial charge in [0.2, 0.25) is 16.3 Å². The maximum absolute atomic E-state index is 2.32. The molecule has 0 aliphatic rings. The van der Waals surface area contributed by atoms with E-state index < -0.39 is 0 Å². The van der Waals surface area contributed by atoms with Crippen LogP contribution in [0.4, 0.5) is 0 Å². The SMILES string of the molecule is CCCCCCCCCCC[CH2][AlH2].C[CH2][Al]([CH2]C)[CH2]C. The second kappa shape index (κ2) is 22.3. The quantitative estimate of drug-likeness (QED) is 0.269. The zero-order chi connectivity index (χ0) is 15.5. The van der Waals surface area contributed by atoms with E-state index >= 15 is 0 Å². The fourth-order valence-electron chi connectivity index (χ4n) is 2.60. The van der Waals surface area contributed by atoms with E-state index in [1.165, 1.54) is 102 Å². The third-order valence-corrected chi connectivity index (χ3v) is 8.61. The Morgan fingerprint density at radius 3 is 1.15 bits per heavy atom. The smallest absolute Gasteiger partial charge is 0.101 e. The number of hydrogen-bond acceptors (Lipinski definition) is 0. The van der Waals surface area contributed by atoms with Crippen molar-refractivity contribution in [1.29, 1.82) is 0 Å². The van der Waals surface area contributed by atoms with Gasteiger partial charge in [-0.05, 0) is 0 Å². The van der Waals surface area contributed by atoms with Gasteiger partial charge in [-0.15, -0.1) is 5.28 Å². The Kier molecular flexibility index (Phi) is 26.1. The maximum atomic E-state index is 2.32. The molecule has 0 aromatic carbocycles. The molecule has 2 heteroatoms. The van der Waals surface area contributed by atoms with Gasteiger partial charge in [0.25, 0.3) is 14.1 Å². The van der Waals surface area contributed by atoms with Crippen molar-refractivity contribution in [3.05, 3.63) is 0 Å². The minimum absolute atomic E-state index is 0.171. The number of rotatable bonds is 13.